The second kappa shape index (κ2) is 8.35. The summed E-state index contributed by atoms with van der Waals surface area (Å²) in [7, 11) is 0. The molecule has 0 bridgehead atoms. The van der Waals surface area contributed by atoms with Gasteiger partial charge in [0.15, 0.2) is 0 Å². The molecule has 2 fully saturated rings. The quantitative estimate of drug-likeness (QED) is 0.754. The highest BCUT2D eigenvalue weighted by Crippen LogP contribution is 2.26. The molecule has 1 saturated heterocycles. The molecule has 2 N–H and O–H groups in total. The summed E-state index contributed by atoms with van der Waals surface area (Å²) in [6, 6.07) is 2.14. The number of nitrogens with zero attached hydrogens (tertiary/aromatic N) is 1. The van der Waals surface area contributed by atoms with Crippen LogP contribution in [0.1, 0.15) is 65.2 Å². The highest BCUT2D eigenvalue weighted by atomic mass is 16.2. The Balaban J connectivity index is 1.88. The van der Waals surface area contributed by atoms with Crippen molar-refractivity contribution in [2.75, 3.05) is 19.7 Å². The fourth-order valence-electron chi connectivity index (χ4n) is 3.99. The maximum absolute atomic E-state index is 9.08. The molecule has 0 aromatic heterocycles. The van der Waals surface area contributed by atoms with Gasteiger partial charge in [0.25, 0.3) is 0 Å². The lowest BCUT2D eigenvalue weighted by molar-refractivity contribution is 0.0907. The minimum Gasteiger partial charge on any atom is -0.396 e. The van der Waals surface area contributed by atoms with Crippen LogP contribution in [0.2, 0.25) is 0 Å². The minimum absolute atomic E-state index is 0.348. The van der Waals surface area contributed by atoms with E-state index in [9.17, 15) is 0 Å². The van der Waals surface area contributed by atoms with Crippen LogP contribution in [0.15, 0.2) is 0 Å². The van der Waals surface area contributed by atoms with Gasteiger partial charge in [-0.2, -0.15) is 0 Å². The Labute approximate surface area is 125 Å². The van der Waals surface area contributed by atoms with Gasteiger partial charge in [-0.1, -0.05) is 19.8 Å². The highest BCUT2D eigenvalue weighted by molar-refractivity contribution is 4.88. The predicted molar refractivity (Wildman–Crippen MR) is 84.9 cm³/mol. The molecular formula is C17H34N2O. The summed E-state index contributed by atoms with van der Waals surface area (Å²) in [6.07, 6.45) is 10.3. The third-order valence-corrected chi connectivity index (χ3v) is 5.38. The number of nitrogens with one attached hydrogen (secondary N) is 1. The number of rotatable bonds is 7. The van der Waals surface area contributed by atoms with Crippen LogP contribution in [0.5, 0.6) is 0 Å². The van der Waals surface area contributed by atoms with Gasteiger partial charge in [-0.05, 0) is 51.4 Å². The van der Waals surface area contributed by atoms with E-state index < -0.39 is 0 Å². The van der Waals surface area contributed by atoms with Crippen molar-refractivity contribution >= 4 is 0 Å². The van der Waals surface area contributed by atoms with Crippen molar-refractivity contribution < 1.29 is 5.11 Å². The van der Waals surface area contributed by atoms with Crippen molar-refractivity contribution in [2.45, 2.75) is 83.3 Å². The van der Waals surface area contributed by atoms with Crippen LogP contribution in [-0.2, 0) is 0 Å². The Morgan fingerprint density at radius 1 is 1.20 bits per heavy atom. The van der Waals surface area contributed by atoms with Crippen LogP contribution in [-0.4, -0.2) is 47.8 Å². The first-order chi connectivity index (χ1) is 9.72. The lowest BCUT2D eigenvalue weighted by Gasteiger charge is -2.42. The number of piperidine rings is 1. The molecule has 0 amide bonds. The average Bonchev–Trinajstić information content (AvgIpc) is 2.96. The zero-order valence-electron chi connectivity index (χ0n) is 13.5. The molecule has 0 spiro atoms. The molecule has 2 aliphatic rings. The van der Waals surface area contributed by atoms with E-state index >= 15 is 0 Å². The van der Waals surface area contributed by atoms with Crippen molar-refractivity contribution in [3.63, 3.8) is 0 Å². The standard InChI is InChI=1S/C17H34N2O/c1-3-14(2)19-12-15(7-6-10-20)11-17(13-19)18-16-8-4-5-9-16/h14-18,20H,3-13H2,1-2H3. The molecule has 1 aliphatic carbocycles. The monoisotopic (exact) mass is 282 g/mol. The molecule has 0 radical (unpaired) electrons. The molecule has 1 aliphatic heterocycles. The van der Waals surface area contributed by atoms with Crippen LogP contribution < -0.4 is 5.32 Å². The van der Waals surface area contributed by atoms with Crippen molar-refractivity contribution in [3.8, 4) is 0 Å². The van der Waals surface area contributed by atoms with Gasteiger partial charge in [-0.25, -0.2) is 0 Å². The first kappa shape index (κ1) is 16.3. The lowest BCUT2D eigenvalue weighted by Crippen LogP contribution is -2.53. The van der Waals surface area contributed by atoms with E-state index in [2.05, 4.69) is 24.1 Å². The smallest absolute Gasteiger partial charge is 0.0431 e. The van der Waals surface area contributed by atoms with Gasteiger partial charge in [0, 0.05) is 37.8 Å². The van der Waals surface area contributed by atoms with Gasteiger partial charge in [0.2, 0.25) is 0 Å². The van der Waals surface area contributed by atoms with E-state index in [1.807, 2.05) is 0 Å². The zero-order chi connectivity index (χ0) is 14.4. The van der Waals surface area contributed by atoms with Crippen molar-refractivity contribution in [1.29, 1.82) is 0 Å². The normalized spacial score (nSPS) is 30.8. The second-order valence-electron chi connectivity index (χ2n) is 7.02. The third kappa shape index (κ3) is 4.71. The molecule has 20 heavy (non-hydrogen) atoms. The summed E-state index contributed by atoms with van der Waals surface area (Å²) in [5, 5.41) is 13.0. The first-order valence-corrected chi connectivity index (χ1v) is 8.83. The maximum Gasteiger partial charge on any atom is 0.0431 e. The van der Waals surface area contributed by atoms with Crippen LogP contribution in [0.3, 0.4) is 0 Å². The summed E-state index contributed by atoms with van der Waals surface area (Å²) in [5.74, 6) is 0.767. The summed E-state index contributed by atoms with van der Waals surface area (Å²) in [4.78, 5) is 2.68. The summed E-state index contributed by atoms with van der Waals surface area (Å²) < 4.78 is 0. The zero-order valence-corrected chi connectivity index (χ0v) is 13.5. The molecule has 3 atom stereocenters. The third-order valence-electron chi connectivity index (χ3n) is 5.38. The van der Waals surface area contributed by atoms with E-state index in [0.29, 0.717) is 18.7 Å². The Hall–Kier alpha value is -0.120. The molecule has 1 saturated carbocycles. The summed E-state index contributed by atoms with van der Waals surface area (Å²) in [6.45, 7) is 7.46. The topological polar surface area (TPSA) is 35.5 Å². The largest absolute Gasteiger partial charge is 0.396 e. The molecule has 3 nitrogen and oxygen atoms in total. The number of hydrogen-bond acceptors (Lipinski definition) is 3. The average molecular weight is 282 g/mol. The molecule has 3 unspecified atom stereocenters. The molecule has 1 heterocycles. The van der Waals surface area contributed by atoms with Gasteiger partial charge in [-0.15, -0.1) is 0 Å². The molecule has 118 valence electrons. The van der Waals surface area contributed by atoms with Gasteiger partial charge in [-0.3, -0.25) is 4.90 Å². The molecule has 2 rings (SSSR count). The maximum atomic E-state index is 9.08. The number of hydrogen-bond donors (Lipinski definition) is 2. The van der Waals surface area contributed by atoms with Crippen LogP contribution in [0.4, 0.5) is 0 Å². The predicted octanol–water partition coefficient (Wildman–Crippen LogP) is 2.78. The van der Waals surface area contributed by atoms with Crippen LogP contribution in [0, 0.1) is 5.92 Å². The Kier molecular flexibility index (Phi) is 6.79. The van der Waals surface area contributed by atoms with E-state index in [-0.39, 0.29) is 0 Å². The first-order valence-electron chi connectivity index (χ1n) is 8.83. The molecule has 0 aromatic carbocycles. The SMILES string of the molecule is CCC(C)N1CC(CCCO)CC(NC2CCCC2)C1. The Bertz CT molecular complexity index is 266. The molecule has 0 aromatic rings. The van der Waals surface area contributed by atoms with Gasteiger partial charge in [0.1, 0.15) is 0 Å². The number of aliphatic hydroxyl groups is 1. The summed E-state index contributed by atoms with van der Waals surface area (Å²) >= 11 is 0. The van der Waals surface area contributed by atoms with Crippen LogP contribution >= 0.6 is 0 Å². The number of likely N-dealkylation sites (tertiary alicyclic amines) is 1. The van der Waals surface area contributed by atoms with Gasteiger partial charge in [0.05, 0.1) is 0 Å². The molecular weight excluding hydrogens is 248 g/mol. The van der Waals surface area contributed by atoms with Crippen LogP contribution in [0.25, 0.3) is 0 Å². The number of aliphatic hydroxyl groups excluding tert-OH is 1. The molecule has 3 heteroatoms. The van der Waals surface area contributed by atoms with E-state index in [4.69, 9.17) is 5.11 Å². The van der Waals surface area contributed by atoms with Crippen molar-refractivity contribution in [2.24, 2.45) is 5.92 Å². The van der Waals surface area contributed by atoms with Gasteiger partial charge >= 0.3 is 0 Å². The van der Waals surface area contributed by atoms with Crippen molar-refractivity contribution in [1.82, 2.24) is 10.2 Å². The Morgan fingerprint density at radius 2 is 1.95 bits per heavy atom. The lowest BCUT2D eigenvalue weighted by atomic mass is 9.89. The second-order valence-corrected chi connectivity index (χ2v) is 7.02. The van der Waals surface area contributed by atoms with Gasteiger partial charge < -0.3 is 10.4 Å². The minimum atomic E-state index is 0.348. The fourth-order valence-corrected chi connectivity index (χ4v) is 3.99. The fraction of sp³-hybridized carbons (Fsp3) is 1.00. The van der Waals surface area contributed by atoms with E-state index in [0.717, 1.165) is 18.4 Å². The Morgan fingerprint density at radius 3 is 2.60 bits per heavy atom. The highest BCUT2D eigenvalue weighted by Gasteiger charge is 2.30. The summed E-state index contributed by atoms with van der Waals surface area (Å²) in [5.41, 5.74) is 0. The van der Waals surface area contributed by atoms with Crippen molar-refractivity contribution in [3.05, 3.63) is 0 Å². The van der Waals surface area contributed by atoms with E-state index in [1.165, 1.54) is 58.0 Å². The van der Waals surface area contributed by atoms with E-state index in [1.54, 1.807) is 0 Å².